The maximum atomic E-state index is 13.4. The summed E-state index contributed by atoms with van der Waals surface area (Å²) in [6, 6.07) is 15.0. The molecule has 0 radical (unpaired) electrons. The van der Waals surface area contributed by atoms with E-state index in [0.717, 1.165) is 18.4 Å². The zero-order valence-corrected chi connectivity index (χ0v) is 19.1. The van der Waals surface area contributed by atoms with E-state index in [1.165, 1.54) is 18.5 Å². The lowest BCUT2D eigenvalue weighted by Crippen LogP contribution is -2.40. The lowest BCUT2D eigenvalue weighted by molar-refractivity contribution is -0.127. The first-order chi connectivity index (χ1) is 16.9. The first-order valence-corrected chi connectivity index (χ1v) is 11.2. The van der Waals surface area contributed by atoms with Crippen LogP contribution >= 0.6 is 0 Å². The van der Waals surface area contributed by atoms with Crippen molar-refractivity contribution < 1.29 is 13.9 Å². The van der Waals surface area contributed by atoms with Gasteiger partial charge in [-0.1, -0.05) is 24.8 Å². The minimum Gasteiger partial charge on any atom is -0.457 e. The van der Waals surface area contributed by atoms with Gasteiger partial charge in [0.15, 0.2) is 0 Å². The number of nitriles is 1. The normalized spacial score (nSPS) is 13.7. The molecule has 9 heteroatoms. The third-order valence-corrected chi connectivity index (χ3v) is 5.90. The van der Waals surface area contributed by atoms with Crippen molar-refractivity contribution in [3.63, 3.8) is 0 Å². The number of ether oxygens (including phenoxy) is 1. The van der Waals surface area contributed by atoms with Crippen LogP contribution in [0.15, 0.2) is 67.0 Å². The number of piperidine rings is 1. The maximum Gasteiger partial charge on any atom is 0.263 e. The highest BCUT2D eigenvalue weighted by Gasteiger charge is 2.24. The van der Waals surface area contributed by atoms with Crippen molar-refractivity contribution in [2.24, 2.45) is 5.92 Å². The van der Waals surface area contributed by atoms with E-state index in [4.69, 9.17) is 15.7 Å². The topological polar surface area (TPSA) is 117 Å². The number of halogens is 1. The summed E-state index contributed by atoms with van der Waals surface area (Å²) in [5.41, 5.74) is 7.65. The summed E-state index contributed by atoms with van der Waals surface area (Å²) in [5, 5.41) is 12.3. The van der Waals surface area contributed by atoms with E-state index < -0.39 is 0 Å². The van der Waals surface area contributed by atoms with Crippen LogP contribution in [0.5, 0.6) is 11.5 Å². The molecule has 0 aliphatic carbocycles. The van der Waals surface area contributed by atoms with E-state index in [0.29, 0.717) is 54.3 Å². The fourth-order valence-electron chi connectivity index (χ4n) is 3.99. The minimum absolute atomic E-state index is 0.0324. The summed E-state index contributed by atoms with van der Waals surface area (Å²) in [7, 11) is 0. The molecule has 1 amide bonds. The summed E-state index contributed by atoms with van der Waals surface area (Å²) in [6.07, 6.45) is 3.02. The van der Waals surface area contributed by atoms with Gasteiger partial charge < -0.3 is 20.7 Å². The van der Waals surface area contributed by atoms with E-state index >= 15 is 0 Å². The predicted molar refractivity (Wildman–Crippen MR) is 131 cm³/mol. The van der Waals surface area contributed by atoms with Gasteiger partial charge in [-0.25, -0.2) is 14.4 Å². The second-order valence-electron chi connectivity index (χ2n) is 8.27. The van der Waals surface area contributed by atoms with Crippen molar-refractivity contribution in [3.8, 4) is 28.7 Å². The first kappa shape index (κ1) is 23.7. The Hall–Kier alpha value is -4.45. The highest BCUT2D eigenvalue weighted by atomic mass is 19.1. The number of aromatic nitrogens is 2. The van der Waals surface area contributed by atoms with E-state index in [-0.39, 0.29) is 17.3 Å². The number of nitrogens with one attached hydrogen (secondary N) is 1. The average molecular weight is 473 g/mol. The quantitative estimate of drug-likeness (QED) is 0.387. The second kappa shape index (κ2) is 10.7. The Morgan fingerprint density at radius 2 is 1.94 bits per heavy atom. The number of likely N-dealkylation sites (tertiary alicyclic amines) is 1. The molecule has 35 heavy (non-hydrogen) atoms. The van der Waals surface area contributed by atoms with Gasteiger partial charge in [0.2, 0.25) is 0 Å². The van der Waals surface area contributed by atoms with Crippen molar-refractivity contribution in [3.05, 3.63) is 72.8 Å². The van der Waals surface area contributed by atoms with Crippen molar-refractivity contribution in [1.82, 2.24) is 14.9 Å². The summed E-state index contributed by atoms with van der Waals surface area (Å²) >= 11 is 0. The third-order valence-electron chi connectivity index (χ3n) is 5.90. The van der Waals surface area contributed by atoms with Crippen LogP contribution in [0.3, 0.4) is 0 Å². The zero-order chi connectivity index (χ0) is 24.8. The second-order valence-corrected chi connectivity index (χ2v) is 8.27. The van der Waals surface area contributed by atoms with Gasteiger partial charge in [-0.05, 0) is 48.6 Å². The minimum atomic E-state index is -0.367. The number of nitrogens with zero attached hydrogens (tertiary/aromatic N) is 4. The van der Waals surface area contributed by atoms with Crippen LogP contribution in [0.1, 0.15) is 12.8 Å². The monoisotopic (exact) mass is 472 g/mol. The Labute approximate surface area is 202 Å². The first-order valence-electron chi connectivity index (χ1n) is 11.2. The Morgan fingerprint density at radius 1 is 1.20 bits per heavy atom. The number of carbonyl (C=O) groups is 1. The SMILES string of the molecule is C=C(C#N)C(=O)N1CCC(CNc2ncnc(N)c2-c2ccc(Oc3cccc(F)c3)cc2)CC1. The molecule has 0 atom stereocenters. The zero-order valence-electron chi connectivity index (χ0n) is 19.1. The smallest absolute Gasteiger partial charge is 0.263 e. The number of anilines is 2. The van der Waals surface area contributed by atoms with Crippen molar-refractivity contribution in [2.75, 3.05) is 30.7 Å². The third kappa shape index (κ3) is 5.73. The molecular formula is C26H25FN6O2. The van der Waals surface area contributed by atoms with Gasteiger partial charge in [-0.3, -0.25) is 4.79 Å². The number of carbonyl (C=O) groups excluding carboxylic acids is 1. The van der Waals surface area contributed by atoms with Crippen molar-refractivity contribution >= 4 is 17.5 Å². The van der Waals surface area contributed by atoms with Gasteiger partial charge in [0.25, 0.3) is 5.91 Å². The standard InChI is InChI=1S/C26H25FN6O2/c1-17(14-28)26(34)33-11-9-18(10-12-33)15-30-25-23(24(29)31-16-32-25)19-5-7-21(8-6-19)35-22-4-2-3-20(27)13-22/h2-8,13,16,18H,1,9-12,15H2,(H3,29,30,31,32). The molecule has 1 aromatic heterocycles. The van der Waals surface area contributed by atoms with Crippen LogP contribution in [0.25, 0.3) is 11.1 Å². The van der Waals surface area contributed by atoms with Crippen LogP contribution in [-0.2, 0) is 4.79 Å². The number of hydrogen-bond acceptors (Lipinski definition) is 7. The Kier molecular flexibility index (Phi) is 7.21. The molecule has 0 spiro atoms. The van der Waals surface area contributed by atoms with Gasteiger partial charge in [0.1, 0.15) is 46.9 Å². The summed E-state index contributed by atoms with van der Waals surface area (Å²) in [5.74, 6) is 1.60. The van der Waals surface area contributed by atoms with Crippen LogP contribution in [0.4, 0.5) is 16.0 Å². The number of rotatable bonds is 7. The molecule has 0 saturated carbocycles. The molecular weight excluding hydrogens is 447 g/mol. The Bertz CT molecular complexity index is 1260. The summed E-state index contributed by atoms with van der Waals surface area (Å²) < 4.78 is 19.1. The maximum absolute atomic E-state index is 13.4. The average Bonchev–Trinajstić information content (AvgIpc) is 2.87. The van der Waals surface area contributed by atoms with Crippen LogP contribution in [0.2, 0.25) is 0 Å². The molecule has 1 aliphatic heterocycles. The molecule has 0 unspecified atom stereocenters. The molecule has 0 bridgehead atoms. The van der Waals surface area contributed by atoms with E-state index in [2.05, 4.69) is 21.9 Å². The number of nitrogens with two attached hydrogens (primary N) is 1. The molecule has 2 aromatic carbocycles. The molecule has 1 saturated heterocycles. The molecule has 8 nitrogen and oxygen atoms in total. The predicted octanol–water partition coefficient (Wildman–Crippen LogP) is 4.39. The largest absolute Gasteiger partial charge is 0.457 e. The molecule has 3 aromatic rings. The van der Waals surface area contributed by atoms with Crippen LogP contribution < -0.4 is 15.8 Å². The highest BCUT2D eigenvalue weighted by molar-refractivity contribution is 5.96. The molecule has 4 rings (SSSR count). The number of benzene rings is 2. The van der Waals surface area contributed by atoms with E-state index in [1.807, 2.05) is 18.2 Å². The van der Waals surface area contributed by atoms with Crippen molar-refractivity contribution in [2.45, 2.75) is 12.8 Å². The Balaban J connectivity index is 1.41. The number of hydrogen-bond donors (Lipinski definition) is 2. The van der Waals surface area contributed by atoms with Crippen molar-refractivity contribution in [1.29, 1.82) is 5.26 Å². The fraction of sp³-hybridized carbons (Fsp3) is 0.231. The van der Waals surface area contributed by atoms with Gasteiger partial charge in [-0.15, -0.1) is 0 Å². The lowest BCUT2D eigenvalue weighted by Gasteiger charge is -2.32. The highest BCUT2D eigenvalue weighted by Crippen LogP contribution is 2.33. The summed E-state index contributed by atoms with van der Waals surface area (Å²) in [6.45, 7) is 5.33. The van der Waals surface area contributed by atoms with Gasteiger partial charge in [0, 0.05) is 25.7 Å². The van der Waals surface area contributed by atoms with Gasteiger partial charge >= 0.3 is 0 Å². The fourth-order valence-corrected chi connectivity index (χ4v) is 3.99. The number of amides is 1. The van der Waals surface area contributed by atoms with E-state index in [1.54, 1.807) is 29.2 Å². The van der Waals surface area contributed by atoms with Gasteiger partial charge in [0.05, 0.1) is 5.56 Å². The number of nitrogen functional groups attached to an aromatic ring is 1. The lowest BCUT2D eigenvalue weighted by atomic mass is 9.96. The molecule has 2 heterocycles. The van der Waals surface area contributed by atoms with Gasteiger partial charge in [-0.2, -0.15) is 5.26 Å². The summed E-state index contributed by atoms with van der Waals surface area (Å²) in [4.78, 5) is 22.3. The molecule has 1 aliphatic rings. The molecule has 1 fully saturated rings. The molecule has 3 N–H and O–H groups in total. The van der Waals surface area contributed by atoms with Crippen LogP contribution in [0, 0.1) is 23.1 Å². The van der Waals surface area contributed by atoms with E-state index in [9.17, 15) is 9.18 Å². The van der Waals surface area contributed by atoms with Crippen LogP contribution in [-0.4, -0.2) is 40.4 Å². The Morgan fingerprint density at radius 3 is 2.63 bits per heavy atom. The molecule has 178 valence electrons.